The van der Waals surface area contributed by atoms with Gasteiger partial charge in [0.05, 0.1) is 11.9 Å². The Morgan fingerprint density at radius 1 is 1.33 bits per heavy atom. The summed E-state index contributed by atoms with van der Waals surface area (Å²) < 4.78 is 1.92. The van der Waals surface area contributed by atoms with E-state index in [1.54, 1.807) is 0 Å². The van der Waals surface area contributed by atoms with E-state index in [4.69, 9.17) is 5.73 Å². The number of para-hydroxylation sites is 1. The molecular weight excluding hydrogens is 242 g/mol. The van der Waals surface area contributed by atoms with Crippen molar-refractivity contribution in [1.82, 2.24) is 9.78 Å². The average Bonchev–Trinajstić information content (AvgIpc) is 2.84. The number of thioether (sulfide) groups is 1. The van der Waals surface area contributed by atoms with Crippen LogP contribution in [0.25, 0.3) is 5.69 Å². The molecule has 2 N–H and O–H groups in total. The molecule has 0 aliphatic carbocycles. The van der Waals surface area contributed by atoms with Gasteiger partial charge in [-0.2, -0.15) is 16.9 Å². The Bertz CT molecular complexity index is 465. The Kier molecular flexibility index (Phi) is 4.84. The second kappa shape index (κ2) is 6.61. The topological polar surface area (TPSA) is 43.8 Å². The lowest BCUT2D eigenvalue weighted by atomic mass is 10.3. The molecule has 96 valence electrons. The summed E-state index contributed by atoms with van der Waals surface area (Å²) in [5.74, 6) is 2.10. The molecule has 0 aliphatic heterocycles. The average molecular weight is 261 g/mol. The molecule has 0 spiro atoms. The second-order valence-electron chi connectivity index (χ2n) is 4.45. The van der Waals surface area contributed by atoms with Crippen molar-refractivity contribution in [2.75, 3.05) is 5.75 Å². The maximum Gasteiger partial charge on any atom is 0.0645 e. The van der Waals surface area contributed by atoms with Crippen molar-refractivity contribution in [3.8, 4) is 5.69 Å². The van der Waals surface area contributed by atoms with Crippen LogP contribution in [0, 0.1) is 0 Å². The van der Waals surface area contributed by atoms with Gasteiger partial charge in [-0.25, -0.2) is 4.68 Å². The number of rotatable bonds is 6. The molecule has 0 bridgehead atoms. The summed E-state index contributed by atoms with van der Waals surface area (Å²) in [6.07, 6.45) is 5.09. The zero-order valence-electron chi connectivity index (χ0n) is 10.6. The standard InChI is InChI=1S/C14H19N3S/c1-12(15)7-8-18-11-13-9-16-17(10-13)14-5-3-2-4-6-14/h2-6,9-10,12H,7-8,11,15H2,1H3. The molecule has 3 nitrogen and oxygen atoms in total. The molecule has 1 atom stereocenters. The predicted molar refractivity (Wildman–Crippen MR) is 78.0 cm³/mol. The third-order valence-electron chi connectivity index (χ3n) is 2.64. The summed E-state index contributed by atoms with van der Waals surface area (Å²) in [6.45, 7) is 2.05. The molecule has 0 saturated heterocycles. The number of hydrogen-bond donors (Lipinski definition) is 1. The maximum atomic E-state index is 5.72. The van der Waals surface area contributed by atoms with Crippen LogP contribution in [0.2, 0.25) is 0 Å². The van der Waals surface area contributed by atoms with Gasteiger partial charge >= 0.3 is 0 Å². The number of hydrogen-bond acceptors (Lipinski definition) is 3. The Morgan fingerprint density at radius 2 is 2.11 bits per heavy atom. The highest BCUT2D eigenvalue weighted by atomic mass is 32.2. The van der Waals surface area contributed by atoms with Crippen molar-refractivity contribution in [3.63, 3.8) is 0 Å². The van der Waals surface area contributed by atoms with Gasteiger partial charge in [-0.1, -0.05) is 18.2 Å². The highest BCUT2D eigenvalue weighted by Gasteiger charge is 2.01. The van der Waals surface area contributed by atoms with E-state index in [2.05, 4.69) is 23.4 Å². The third kappa shape index (κ3) is 3.89. The second-order valence-corrected chi connectivity index (χ2v) is 5.55. The Labute approximate surface area is 112 Å². The van der Waals surface area contributed by atoms with Crippen molar-refractivity contribution in [1.29, 1.82) is 0 Å². The minimum Gasteiger partial charge on any atom is -0.328 e. The summed E-state index contributed by atoms with van der Waals surface area (Å²) in [5, 5.41) is 4.38. The van der Waals surface area contributed by atoms with E-state index in [9.17, 15) is 0 Å². The molecule has 2 aromatic rings. The largest absolute Gasteiger partial charge is 0.328 e. The van der Waals surface area contributed by atoms with E-state index in [0.29, 0.717) is 6.04 Å². The summed E-state index contributed by atoms with van der Waals surface area (Å²) in [7, 11) is 0. The highest BCUT2D eigenvalue weighted by Crippen LogP contribution is 2.15. The molecule has 1 aromatic carbocycles. The molecule has 4 heteroatoms. The van der Waals surface area contributed by atoms with E-state index < -0.39 is 0 Å². The zero-order valence-corrected chi connectivity index (χ0v) is 11.4. The van der Waals surface area contributed by atoms with Gasteiger partial charge in [-0.05, 0) is 31.2 Å². The smallest absolute Gasteiger partial charge is 0.0645 e. The monoisotopic (exact) mass is 261 g/mol. The minimum atomic E-state index is 0.296. The SMILES string of the molecule is CC(N)CCSCc1cnn(-c2ccccc2)c1. The minimum absolute atomic E-state index is 0.296. The lowest BCUT2D eigenvalue weighted by Crippen LogP contribution is -2.15. The fourth-order valence-electron chi connectivity index (χ4n) is 1.62. The normalized spacial score (nSPS) is 12.6. The summed E-state index contributed by atoms with van der Waals surface area (Å²) in [5.41, 5.74) is 8.08. The summed E-state index contributed by atoms with van der Waals surface area (Å²) >= 11 is 1.91. The molecule has 0 saturated carbocycles. The van der Waals surface area contributed by atoms with Crippen LogP contribution in [0.1, 0.15) is 18.9 Å². The number of aromatic nitrogens is 2. The first-order valence-corrected chi connectivity index (χ1v) is 7.33. The molecular formula is C14H19N3S. The van der Waals surface area contributed by atoms with Crippen LogP contribution in [0.15, 0.2) is 42.7 Å². The highest BCUT2D eigenvalue weighted by molar-refractivity contribution is 7.98. The van der Waals surface area contributed by atoms with Gasteiger partial charge in [-0.15, -0.1) is 0 Å². The van der Waals surface area contributed by atoms with Crippen LogP contribution in [0.3, 0.4) is 0 Å². The molecule has 0 radical (unpaired) electrons. The predicted octanol–water partition coefficient (Wildman–Crippen LogP) is 2.84. The number of nitrogens with two attached hydrogens (primary N) is 1. The van der Waals surface area contributed by atoms with E-state index in [0.717, 1.165) is 23.6 Å². The quantitative estimate of drug-likeness (QED) is 0.813. The van der Waals surface area contributed by atoms with Crippen molar-refractivity contribution < 1.29 is 0 Å². The molecule has 0 fully saturated rings. The van der Waals surface area contributed by atoms with Gasteiger partial charge in [0, 0.05) is 23.6 Å². The fourth-order valence-corrected chi connectivity index (χ4v) is 2.68. The van der Waals surface area contributed by atoms with E-state index in [-0.39, 0.29) is 0 Å². The van der Waals surface area contributed by atoms with Gasteiger partial charge in [0.2, 0.25) is 0 Å². The Morgan fingerprint density at radius 3 is 2.83 bits per heavy atom. The summed E-state index contributed by atoms with van der Waals surface area (Å²) in [6, 6.07) is 10.5. The molecule has 18 heavy (non-hydrogen) atoms. The van der Waals surface area contributed by atoms with Crippen LogP contribution in [-0.2, 0) is 5.75 Å². The number of nitrogens with zero attached hydrogens (tertiary/aromatic N) is 2. The van der Waals surface area contributed by atoms with Crippen molar-refractivity contribution in [2.45, 2.75) is 25.1 Å². The van der Waals surface area contributed by atoms with E-state index in [1.165, 1.54) is 5.56 Å². The molecule has 1 heterocycles. The summed E-state index contributed by atoms with van der Waals surface area (Å²) in [4.78, 5) is 0. The third-order valence-corrected chi connectivity index (χ3v) is 3.70. The first-order chi connectivity index (χ1) is 8.75. The molecule has 2 rings (SSSR count). The number of benzene rings is 1. The van der Waals surface area contributed by atoms with Crippen LogP contribution in [0.4, 0.5) is 0 Å². The maximum absolute atomic E-state index is 5.72. The van der Waals surface area contributed by atoms with Gasteiger partial charge in [0.25, 0.3) is 0 Å². The molecule has 0 amide bonds. The van der Waals surface area contributed by atoms with E-state index >= 15 is 0 Å². The van der Waals surface area contributed by atoms with Gasteiger partial charge < -0.3 is 5.73 Å². The van der Waals surface area contributed by atoms with Crippen LogP contribution >= 0.6 is 11.8 Å². The first kappa shape index (κ1) is 13.2. The molecule has 1 unspecified atom stereocenters. The van der Waals surface area contributed by atoms with Crippen LogP contribution < -0.4 is 5.73 Å². The van der Waals surface area contributed by atoms with Crippen molar-refractivity contribution in [3.05, 3.63) is 48.3 Å². The van der Waals surface area contributed by atoms with Crippen molar-refractivity contribution in [2.24, 2.45) is 5.73 Å². The molecule has 1 aromatic heterocycles. The Balaban J connectivity index is 1.87. The van der Waals surface area contributed by atoms with Crippen molar-refractivity contribution >= 4 is 11.8 Å². The van der Waals surface area contributed by atoms with Gasteiger partial charge in [-0.3, -0.25) is 0 Å². The van der Waals surface area contributed by atoms with Crippen LogP contribution in [0.5, 0.6) is 0 Å². The Hall–Kier alpha value is -1.26. The van der Waals surface area contributed by atoms with Gasteiger partial charge in [0.15, 0.2) is 0 Å². The lowest BCUT2D eigenvalue weighted by Gasteiger charge is -2.03. The van der Waals surface area contributed by atoms with E-state index in [1.807, 2.05) is 47.8 Å². The van der Waals surface area contributed by atoms with Gasteiger partial charge in [0.1, 0.15) is 0 Å². The van der Waals surface area contributed by atoms with Crippen LogP contribution in [-0.4, -0.2) is 21.6 Å². The fraction of sp³-hybridized carbons (Fsp3) is 0.357. The first-order valence-electron chi connectivity index (χ1n) is 6.18. The zero-order chi connectivity index (χ0) is 12.8. The molecule has 0 aliphatic rings. The lowest BCUT2D eigenvalue weighted by molar-refractivity contribution is 0.721.